The Morgan fingerprint density at radius 3 is 2.75 bits per heavy atom. The number of hydrogen-bond donors (Lipinski definition) is 1. The number of nitrogens with one attached hydrogen (secondary N) is 1. The van der Waals surface area contributed by atoms with Gasteiger partial charge in [0.15, 0.2) is 0 Å². The molecule has 2 heterocycles. The number of hydrogen-bond acceptors (Lipinski definition) is 4. The normalized spacial score (nSPS) is 23.9. The second-order valence-corrected chi connectivity index (χ2v) is 5.64. The lowest BCUT2D eigenvalue weighted by molar-refractivity contribution is -0.121. The number of amides is 1. The molecule has 0 aliphatic carbocycles. The minimum absolute atomic E-state index is 0.00477. The molecular weight excluding hydrogens is 256 g/mol. The Kier molecular flexibility index (Phi) is 4.45. The minimum atomic E-state index is 0.00477. The van der Waals surface area contributed by atoms with Crippen LogP contribution in [0.4, 0.5) is 5.69 Å². The number of carbonyl (C=O) groups excluding carboxylic acids is 1. The van der Waals surface area contributed by atoms with E-state index in [9.17, 15) is 4.79 Å². The molecule has 1 N–H and O–H groups in total. The van der Waals surface area contributed by atoms with E-state index >= 15 is 0 Å². The molecule has 1 fully saturated rings. The van der Waals surface area contributed by atoms with Crippen LogP contribution in [0.2, 0.25) is 0 Å². The van der Waals surface area contributed by atoms with E-state index in [-0.39, 0.29) is 18.1 Å². The zero-order valence-corrected chi connectivity index (χ0v) is 12.9. The molecule has 2 atom stereocenters. The average Bonchev–Trinajstić information content (AvgIpc) is 2.61. The highest BCUT2D eigenvalue weighted by Crippen LogP contribution is 2.18. The molecule has 1 amide bonds. The molecule has 1 aliphatic heterocycles. The molecule has 6 heteroatoms. The lowest BCUT2D eigenvalue weighted by Crippen LogP contribution is -2.50. The average molecular weight is 280 g/mol. The van der Waals surface area contributed by atoms with Gasteiger partial charge in [-0.3, -0.25) is 14.4 Å². The summed E-state index contributed by atoms with van der Waals surface area (Å²) in [6.45, 7) is 9.84. The van der Waals surface area contributed by atoms with Crippen LogP contribution in [-0.4, -0.2) is 52.4 Å². The standard InChI is InChI=1S/C14H24N4O2/c1-9-8-20-10(2)6-18(9)7-13(19)15-14-11(3)16-17(5)12(14)4/h9-10H,6-8H2,1-5H3,(H,15,19). The van der Waals surface area contributed by atoms with E-state index in [4.69, 9.17) is 4.74 Å². The highest BCUT2D eigenvalue weighted by Gasteiger charge is 2.25. The molecule has 1 aliphatic rings. The first kappa shape index (κ1) is 15.0. The summed E-state index contributed by atoms with van der Waals surface area (Å²) in [5.41, 5.74) is 2.65. The van der Waals surface area contributed by atoms with Gasteiger partial charge in [0.1, 0.15) is 0 Å². The molecule has 1 aromatic rings. The Labute approximate surface area is 120 Å². The Balaban J connectivity index is 1.98. The zero-order valence-electron chi connectivity index (χ0n) is 12.9. The predicted octanol–water partition coefficient (Wildman–Crippen LogP) is 1.08. The van der Waals surface area contributed by atoms with Crippen molar-refractivity contribution in [2.75, 3.05) is 25.0 Å². The van der Waals surface area contributed by atoms with Crippen LogP contribution in [-0.2, 0) is 16.6 Å². The molecule has 0 bridgehead atoms. The maximum atomic E-state index is 12.2. The third-order valence-corrected chi connectivity index (χ3v) is 3.86. The van der Waals surface area contributed by atoms with Gasteiger partial charge in [0.05, 0.1) is 36.3 Å². The van der Waals surface area contributed by atoms with Gasteiger partial charge in [-0.05, 0) is 27.7 Å². The summed E-state index contributed by atoms with van der Waals surface area (Å²) in [5, 5.41) is 7.28. The number of morpholine rings is 1. The lowest BCUT2D eigenvalue weighted by atomic mass is 10.2. The fourth-order valence-electron chi connectivity index (χ4n) is 2.51. The van der Waals surface area contributed by atoms with Crippen LogP contribution < -0.4 is 5.32 Å². The summed E-state index contributed by atoms with van der Waals surface area (Å²) in [6, 6.07) is 0.271. The number of rotatable bonds is 3. The van der Waals surface area contributed by atoms with Gasteiger partial charge in [-0.1, -0.05) is 0 Å². The van der Waals surface area contributed by atoms with Gasteiger partial charge in [-0.2, -0.15) is 5.10 Å². The SMILES string of the molecule is Cc1nn(C)c(C)c1NC(=O)CN1CC(C)OCC1C. The third kappa shape index (κ3) is 3.19. The van der Waals surface area contributed by atoms with Gasteiger partial charge in [0.25, 0.3) is 0 Å². The van der Waals surface area contributed by atoms with Crippen molar-refractivity contribution >= 4 is 11.6 Å². The summed E-state index contributed by atoms with van der Waals surface area (Å²) in [4.78, 5) is 14.4. The first-order chi connectivity index (χ1) is 9.38. The first-order valence-corrected chi connectivity index (χ1v) is 7.04. The van der Waals surface area contributed by atoms with Crippen molar-refractivity contribution < 1.29 is 9.53 Å². The van der Waals surface area contributed by atoms with Crippen LogP contribution >= 0.6 is 0 Å². The summed E-state index contributed by atoms with van der Waals surface area (Å²) < 4.78 is 7.36. The number of ether oxygens (including phenoxy) is 1. The van der Waals surface area contributed by atoms with E-state index in [2.05, 4.69) is 22.2 Å². The van der Waals surface area contributed by atoms with Gasteiger partial charge in [0.2, 0.25) is 5.91 Å². The third-order valence-electron chi connectivity index (χ3n) is 3.86. The van der Waals surface area contributed by atoms with Gasteiger partial charge in [0, 0.05) is 19.6 Å². The Hall–Kier alpha value is -1.40. The Morgan fingerprint density at radius 1 is 1.45 bits per heavy atom. The number of aryl methyl sites for hydroxylation is 2. The summed E-state index contributed by atoms with van der Waals surface area (Å²) in [7, 11) is 1.88. The quantitative estimate of drug-likeness (QED) is 0.900. The molecule has 2 unspecified atom stereocenters. The molecule has 20 heavy (non-hydrogen) atoms. The van der Waals surface area contributed by atoms with Crippen LogP contribution in [0.3, 0.4) is 0 Å². The van der Waals surface area contributed by atoms with E-state index < -0.39 is 0 Å². The maximum Gasteiger partial charge on any atom is 0.238 e. The summed E-state index contributed by atoms with van der Waals surface area (Å²) in [5.74, 6) is 0.00477. The second kappa shape index (κ2) is 5.93. The molecular formula is C14H24N4O2. The van der Waals surface area contributed by atoms with Crippen molar-refractivity contribution in [2.45, 2.75) is 39.8 Å². The van der Waals surface area contributed by atoms with Gasteiger partial charge in [-0.15, -0.1) is 0 Å². The molecule has 6 nitrogen and oxygen atoms in total. The van der Waals surface area contributed by atoms with E-state index in [0.717, 1.165) is 23.6 Å². The zero-order chi connectivity index (χ0) is 14.9. The van der Waals surface area contributed by atoms with Crippen molar-refractivity contribution in [1.82, 2.24) is 14.7 Å². The van der Waals surface area contributed by atoms with Crippen LogP contribution in [0.25, 0.3) is 0 Å². The molecule has 0 aromatic carbocycles. The Bertz CT molecular complexity index is 498. The molecule has 1 aromatic heterocycles. The van der Waals surface area contributed by atoms with Crippen LogP contribution in [0, 0.1) is 13.8 Å². The van der Waals surface area contributed by atoms with Crippen molar-refractivity contribution in [3.8, 4) is 0 Å². The van der Waals surface area contributed by atoms with E-state index in [1.54, 1.807) is 4.68 Å². The topological polar surface area (TPSA) is 59.4 Å². The predicted molar refractivity (Wildman–Crippen MR) is 77.8 cm³/mol. The van der Waals surface area contributed by atoms with Gasteiger partial charge in [-0.25, -0.2) is 0 Å². The smallest absolute Gasteiger partial charge is 0.238 e. The highest BCUT2D eigenvalue weighted by atomic mass is 16.5. The number of aromatic nitrogens is 2. The monoisotopic (exact) mass is 280 g/mol. The lowest BCUT2D eigenvalue weighted by Gasteiger charge is -2.36. The minimum Gasteiger partial charge on any atom is -0.376 e. The largest absolute Gasteiger partial charge is 0.376 e. The van der Waals surface area contributed by atoms with Crippen LogP contribution in [0.5, 0.6) is 0 Å². The van der Waals surface area contributed by atoms with Crippen molar-refractivity contribution in [1.29, 1.82) is 0 Å². The first-order valence-electron chi connectivity index (χ1n) is 7.04. The number of nitrogens with zero attached hydrogens (tertiary/aromatic N) is 3. The van der Waals surface area contributed by atoms with E-state index in [1.807, 2.05) is 27.8 Å². The van der Waals surface area contributed by atoms with Crippen LogP contribution in [0.15, 0.2) is 0 Å². The molecule has 0 saturated carbocycles. The second-order valence-electron chi connectivity index (χ2n) is 5.64. The maximum absolute atomic E-state index is 12.2. The molecule has 0 radical (unpaired) electrons. The van der Waals surface area contributed by atoms with Crippen molar-refractivity contribution in [2.24, 2.45) is 7.05 Å². The van der Waals surface area contributed by atoms with Crippen LogP contribution in [0.1, 0.15) is 25.2 Å². The molecule has 112 valence electrons. The van der Waals surface area contributed by atoms with E-state index in [0.29, 0.717) is 13.2 Å². The molecule has 1 saturated heterocycles. The summed E-state index contributed by atoms with van der Waals surface area (Å²) in [6.07, 6.45) is 0.181. The van der Waals surface area contributed by atoms with Crippen molar-refractivity contribution in [3.05, 3.63) is 11.4 Å². The van der Waals surface area contributed by atoms with Crippen molar-refractivity contribution in [3.63, 3.8) is 0 Å². The summed E-state index contributed by atoms with van der Waals surface area (Å²) >= 11 is 0. The molecule has 0 spiro atoms. The van der Waals surface area contributed by atoms with Gasteiger partial charge < -0.3 is 10.1 Å². The number of carbonyl (C=O) groups is 1. The van der Waals surface area contributed by atoms with E-state index in [1.165, 1.54) is 0 Å². The highest BCUT2D eigenvalue weighted by molar-refractivity contribution is 5.93. The fourth-order valence-corrected chi connectivity index (χ4v) is 2.51. The number of anilines is 1. The molecule has 2 rings (SSSR count). The van der Waals surface area contributed by atoms with Gasteiger partial charge >= 0.3 is 0 Å². The Morgan fingerprint density at radius 2 is 2.15 bits per heavy atom. The fraction of sp³-hybridized carbons (Fsp3) is 0.714.